The molecule has 8 nitrogen and oxygen atoms in total. The SMILES string of the molecule is COc1cc(OC)cc(C(O)CNc2ccc([N+](=O)[O-])c3cnccc23)c1. The number of aliphatic hydroxyl groups excluding tert-OH is 1. The van der Waals surface area contributed by atoms with E-state index < -0.39 is 11.0 Å². The Hall–Kier alpha value is -3.39. The molecule has 0 aliphatic rings. The maximum Gasteiger partial charge on any atom is 0.278 e. The van der Waals surface area contributed by atoms with Gasteiger partial charge in [0.2, 0.25) is 0 Å². The van der Waals surface area contributed by atoms with Crippen LogP contribution < -0.4 is 14.8 Å². The van der Waals surface area contributed by atoms with Crippen LogP contribution in [0.15, 0.2) is 48.8 Å². The molecule has 0 spiro atoms. The Morgan fingerprint density at radius 2 is 1.85 bits per heavy atom. The topological polar surface area (TPSA) is 107 Å². The van der Waals surface area contributed by atoms with Crippen LogP contribution in [0.5, 0.6) is 11.5 Å². The summed E-state index contributed by atoms with van der Waals surface area (Å²) in [5.41, 5.74) is 1.29. The summed E-state index contributed by atoms with van der Waals surface area (Å²) in [6.45, 7) is 0.200. The second-order valence-corrected chi connectivity index (χ2v) is 5.85. The molecule has 1 heterocycles. The van der Waals surface area contributed by atoms with Crippen LogP contribution in [0.3, 0.4) is 0 Å². The fraction of sp³-hybridized carbons (Fsp3) is 0.211. The van der Waals surface area contributed by atoms with E-state index in [9.17, 15) is 15.2 Å². The van der Waals surface area contributed by atoms with Crippen LogP contribution in [0.4, 0.5) is 11.4 Å². The molecule has 140 valence electrons. The van der Waals surface area contributed by atoms with Gasteiger partial charge in [-0.25, -0.2) is 0 Å². The molecule has 2 N–H and O–H groups in total. The van der Waals surface area contributed by atoms with Crippen LogP contribution in [-0.2, 0) is 0 Å². The number of ether oxygens (including phenoxy) is 2. The molecule has 0 fully saturated rings. The van der Waals surface area contributed by atoms with Gasteiger partial charge < -0.3 is 19.9 Å². The second-order valence-electron chi connectivity index (χ2n) is 5.85. The number of benzene rings is 2. The van der Waals surface area contributed by atoms with Gasteiger partial charge in [-0.05, 0) is 29.8 Å². The minimum atomic E-state index is -0.832. The van der Waals surface area contributed by atoms with E-state index in [0.29, 0.717) is 33.5 Å². The van der Waals surface area contributed by atoms with Crippen LogP contribution in [0, 0.1) is 10.1 Å². The average Bonchev–Trinajstić information content (AvgIpc) is 2.70. The van der Waals surface area contributed by atoms with E-state index in [1.54, 1.807) is 50.7 Å². The van der Waals surface area contributed by atoms with Gasteiger partial charge in [-0.15, -0.1) is 0 Å². The molecule has 3 rings (SSSR count). The Balaban J connectivity index is 1.85. The molecule has 2 aromatic carbocycles. The van der Waals surface area contributed by atoms with Crippen molar-refractivity contribution in [3.63, 3.8) is 0 Å². The van der Waals surface area contributed by atoms with Gasteiger partial charge in [0.15, 0.2) is 0 Å². The van der Waals surface area contributed by atoms with Gasteiger partial charge in [-0.1, -0.05) is 0 Å². The van der Waals surface area contributed by atoms with E-state index in [0.717, 1.165) is 0 Å². The van der Waals surface area contributed by atoms with Crippen molar-refractivity contribution >= 4 is 22.1 Å². The highest BCUT2D eigenvalue weighted by Crippen LogP contribution is 2.31. The zero-order chi connectivity index (χ0) is 19.4. The Kier molecular flexibility index (Phi) is 5.37. The van der Waals surface area contributed by atoms with E-state index in [1.165, 1.54) is 12.3 Å². The fourth-order valence-electron chi connectivity index (χ4n) is 2.83. The summed E-state index contributed by atoms with van der Waals surface area (Å²) in [7, 11) is 3.08. The number of nitrogens with one attached hydrogen (secondary N) is 1. The monoisotopic (exact) mass is 369 g/mol. The summed E-state index contributed by atoms with van der Waals surface area (Å²) in [6, 6.07) is 9.93. The number of aromatic nitrogens is 1. The van der Waals surface area contributed by atoms with Crippen molar-refractivity contribution < 1.29 is 19.5 Å². The van der Waals surface area contributed by atoms with Crippen LogP contribution in [0.25, 0.3) is 10.8 Å². The third-order valence-electron chi connectivity index (χ3n) is 4.24. The molecule has 0 radical (unpaired) electrons. The Morgan fingerprint density at radius 3 is 2.48 bits per heavy atom. The normalized spacial score (nSPS) is 11.8. The maximum atomic E-state index is 11.2. The first-order chi connectivity index (χ1) is 13.0. The maximum absolute atomic E-state index is 11.2. The van der Waals surface area contributed by atoms with Crippen LogP contribution in [-0.4, -0.2) is 35.8 Å². The number of methoxy groups -OCH3 is 2. The smallest absolute Gasteiger partial charge is 0.278 e. The summed E-state index contributed by atoms with van der Waals surface area (Å²) in [5, 5.41) is 26.0. The standard InChI is InChI=1S/C19H19N3O5/c1-26-13-7-12(8-14(9-13)27-2)19(23)11-21-17-3-4-18(22(24)25)16-10-20-6-5-15(16)17/h3-10,19,21,23H,11H2,1-2H3. The molecule has 0 aliphatic heterocycles. The Labute approximate surface area is 155 Å². The number of hydrogen-bond acceptors (Lipinski definition) is 7. The number of anilines is 1. The summed E-state index contributed by atoms with van der Waals surface area (Å²) >= 11 is 0. The van der Waals surface area contributed by atoms with E-state index in [2.05, 4.69) is 10.3 Å². The van der Waals surface area contributed by atoms with E-state index >= 15 is 0 Å². The van der Waals surface area contributed by atoms with Crippen molar-refractivity contribution in [2.24, 2.45) is 0 Å². The van der Waals surface area contributed by atoms with Crippen molar-refractivity contribution in [1.82, 2.24) is 4.98 Å². The van der Waals surface area contributed by atoms with Crippen molar-refractivity contribution in [2.75, 3.05) is 26.1 Å². The van der Waals surface area contributed by atoms with Crippen molar-refractivity contribution in [2.45, 2.75) is 6.10 Å². The summed E-state index contributed by atoms with van der Waals surface area (Å²) in [4.78, 5) is 14.7. The number of nitro groups is 1. The van der Waals surface area contributed by atoms with Gasteiger partial charge in [0.25, 0.3) is 5.69 Å². The van der Waals surface area contributed by atoms with Crippen molar-refractivity contribution in [3.05, 3.63) is 64.5 Å². The molecule has 0 saturated carbocycles. The minimum Gasteiger partial charge on any atom is -0.497 e. The van der Waals surface area contributed by atoms with E-state index in [4.69, 9.17) is 9.47 Å². The molecule has 8 heteroatoms. The third kappa shape index (κ3) is 3.90. The van der Waals surface area contributed by atoms with Crippen molar-refractivity contribution in [1.29, 1.82) is 0 Å². The molecule has 1 atom stereocenters. The quantitative estimate of drug-likeness (QED) is 0.486. The van der Waals surface area contributed by atoms with Gasteiger partial charge in [-0.3, -0.25) is 15.1 Å². The van der Waals surface area contributed by atoms with Gasteiger partial charge in [0.1, 0.15) is 11.5 Å². The highest BCUT2D eigenvalue weighted by Gasteiger charge is 2.16. The number of nitro benzene ring substituents is 1. The lowest BCUT2D eigenvalue weighted by atomic mass is 10.1. The number of nitrogens with zero attached hydrogens (tertiary/aromatic N) is 2. The first-order valence-corrected chi connectivity index (χ1v) is 8.19. The van der Waals surface area contributed by atoms with Crippen LogP contribution in [0.1, 0.15) is 11.7 Å². The number of fused-ring (bicyclic) bond motifs is 1. The lowest BCUT2D eigenvalue weighted by Gasteiger charge is -2.16. The van der Waals surface area contributed by atoms with Crippen molar-refractivity contribution in [3.8, 4) is 11.5 Å². The molecule has 0 amide bonds. The van der Waals surface area contributed by atoms with Crippen LogP contribution >= 0.6 is 0 Å². The minimum absolute atomic E-state index is 0.0123. The highest BCUT2D eigenvalue weighted by atomic mass is 16.6. The number of pyridine rings is 1. The van der Waals surface area contributed by atoms with Gasteiger partial charge in [0, 0.05) is 42.1 Å². The molecule has 1 aromatic heterocycles. The first-order valence-electron chi connectivity index (χ1n) is 8.19. The Morgan fingerprint density at radius 1 is 1.15 bits per heavy atom. The zero-order valence-electron chi connectivity index (χ0n) is 14.9. The molecular weight excluding hydrogens is 350 g/mol. The highest BCUT2D eigenvalue weighted by molar-refractivity contribution is 5.99. The molecule has 3 aromatic rings. The summed E-state index contributed by atoms with van der Waals surface area (Å²) in [6.07, 6.45) is 2.20. The molecule has 27 heavy (non-hydrogen) atoms. The van der Waals surface area contributed by atoms with Gasteiger partial charge in [-0.2, -0.15) is 0 Å². The van der Waals surface area contributed by atoms with Crippen LogP contribution in [0.2, 0.25) is 0 Å². The Bertz CT molecular complexity index is 954. The van der Waals surface area contributed by atoms with E-state index in [1.807, 2.05) is 0 Å². The zero-order valence-corrected chi connectivity index (χ0v) is 14.9. The molecule has 0 saturated heterocycles. The largest absolute Gasteiger partial charge is 0.497 e. The number of hydrogen-bond donors (Lipinski definition) is 2. The van der Waals surface area contributed by atoms with Gasteiger partial charge in [0.05, 0.1) is 30.6 Å². The lowest BCUT2D eigenvalue weighted by Crippen LogP contribution is -2.12. The fourth-order valence-corrected chi connectivity index (χ4v) is 2.83. The first kappa shape index (κ1) is 18.4. The summed E-state index contributed by atoms with van der Waals surface area (Å²) in [5.74, 6) is 1.16. The molecule has 0 bridgehead atoms. The predicted molar refractivity (Wildman–Crippen MR) is 101 cm³/mol. The number of aliphatic hydroxyl groups is 1. The third-order valence-corrected chi connectivity index (χ3v) is 4.24. The predicted octanol–water partition coefficient (Wildman–Crippen LogP) is 3.31. The average molecular weight is 369 g/mol. The van der Waals surface area contributed by atoms with Gasteiger partial charge >= 0.3 is 0 Å². The summed E-state index contributed by atoms with van der Waals surface area (Å²) < 4.78 is 10.4. The molecular formula is C19H19N3O5. The number of non-ortho nitro benzene ring substituents is 1. The molecule has 1 unspecified atom stereocenters. The second kappa shape index (κ2) is 7.88. The molecule has 0 aliphatic carbocycles. The van der Waals surface area contributed by atoms with E-state index in [-0.39, 0.29) is 12.2 Å². The number of rotatable bonds is 7. The lowest BCUT2D eigenvalue weighted by molar-refractivity contribution is -0.383.